The Morgan fingerprint density at radius 2 is 2.10 bits per heavy atom. The van der Waals surface area contributed by atoms with Crippen molar-refractivity contribution >= 4 is 34.5 Å². The Hall–Kier alpha value is -0.940. The Morgan fingerprint density at radius 1 is 1.35 bits per heavy atom. The monoisotopic (exact) mass is 313 g/mol. The van der Waals surface area contributed by atoms with Gasteiger partial charge in [0.25, 0.3) is 0 Å². The zero-order valence-electron chi connectivity index (χ0n) is 12.3. The number of imidazole rings is 1. The van der Waals surface area contributed by atoms with Crippen LogP contribution in [0.5, 0.6) is 5.88 Å². The third-order valence-corrected chi connectivity index (χ3v) is 4.69. The molecule has 2 aromatic heterocycles. The molecule has 0 spiro atoms. The van der Waals surface area contributed by atoms with Gasteiger partial charge in [-0.3, -0.25) is 0 Å². The molecule has 0 aliphatic rings. The summed E-state index contributed by atoms with van der Waals surface area (Å²) in [6.07, 6.45) is 2.86. The van der Waals surface area contributed by atoms with Crippen molar-refractivity contribution in [3.05, 3.63) is 18.0 Å². The van der Waals surface area contributed by atoms with E-state index in [9.17, 15) is 0 Å². The Balaban J connectivity index is 2.53. The summed E-state index contributed by atoms with van der Waals surface area (Å²) in [7, 11) is 1.63. The van der Waals surface area contributed by atoms with Crippen LogP contribution in [0.2, 0.25) is 0 Å². The molecule has 110 valence electrons. The number of methoxy groups -OCH3 is 1. The first-order chi connectivity index (χ1) is 9.50. The molecular weight excluding hydrogens is 294 g/mol. The predicted molar refractivity (Wildman–Crippen MR) is 86.1 cm³/mol. The van der Waals surface area contributed by atoms with Crippen LogP contribution in [-0.4, -0.2) is 38.5 Å². The van der Waals surface area contributed by atoms with Gasteiger partial charge in [-0.1, -0.05) is 0 Å². The maximum atomic E-state index is 5.90. The van der Waals surface area contributed by atoms with Crippen LogP contribution in [0.3, 0.4) is 0 Å². The fraction of sp³-hybridized carbons (Fsp3) is 0.571. The van der Waals surface area contributed by atoms with Crippen LogP contribution in [0.15, 0.2) is 12.1 Å². The standard InChI is InChI=1S/C14H20ClN3OS/c1-14(2,20-4)9-18-11(7-8-15)16-10-5-6-12(19-3)17-13(10)18/h5-6H,7-9H2,1-4H3. The van der Waals surface area contributed by atoms with Crippen LogP contribution >= 0.6 is 23.4 Å². The maximum Gasteiger partial charge on any atom is 0.215 e. The first-order valence-corrected chi connectivity index (χ1v) is 8.28. The number of aromatic nitrogens is 3. The van der Waals surface area contributed by atoms with E-state index in [4.69, 9.17) is 16.3 Å². The minimum Gasteiger partial charge on any atom is -0.481 e. The first-order valence-electron chi connectivity index (χ1n) is 6.52. The van der Waals surface area contributed by atoms with Crippen molar-refractivity contribution in [2.45, 2.75) is 31.6 Å². The second-order valence-corrected chi connectivity index (χ2v) is 7.10. The summed E-state index contributed by atoms with van der Waals surface area (Å²) in [5.74, 6) is 2.15. The lowest BCUT2D eigenvalue weighted by Gasteiger charge is -2.23. The largest absolute Gasteiger partial charge is 0.481 e. The molecule has 0 aromatic carbocycles. The molecule has 4 nitrogen and oxygen atoms in total. The Bertz CT molecular complexity index is 597. The van der Waals surface area contributed by atoms with Crippen LogP contribution in [-0.2, 0) is 13.0 Å². The quantitative estimate of drug-likeness (QED) is 0.767. The molecule has 0 N–H and O–H groups in total. The SMILES string of the molecule is COc1ccc2nc(CCCl)n(CC(C)(C)SC)c2n1. The molecule has 0 aliphatic heterocycles. The molecular formula is C14H20ClN3OS. The van der Waals surface area contributed by atoms with E-state index in [0.717, 1.165) is 30.0 Å². The second kappa shape index (κ2) is 6.22. The predicted octanol–water partition coefficient (Wildman–Crippen LogP) is 3.36. The lowest BCUT2D eigenvalue weighted by Crippen LogP contribution is -2.24. The molecule has 0 saturated carbocycles. The van der Waals surface area contributed by atoms with E-state index >= 15 is 0 Å². The third-order valence-electron chi connectivity index (χ3n) is 3.26. The van der Waals surface area contributed by atoms with E-state index in [0.29, 0.717) is 11.8 Å². The summed E-state index contributed by atoms with van der Waals surface area (Å²) in [5, 5.41) is 0. The summed E-state index contributed by atoms with van der Waals surface area (Å²) in [5.41, 5.74) is 1.76. The van der Waals surface area contributed by atoms with Crippen LogP contribution < -0.4 is 4.74 Å². The van der Waals surface area contributed by atoms with E-state index in [1.54, 1.807) is 7.11 Å². The van der Waals surface area contributed by atoms with Crippen molar-refractivity contribution in [2.24, 2.45) is 0 Å². The van der Waals surface area contributed by atoms with E-state index in [1.807, 2.05) is 23.9 Å². The summed E-state index contributed by atoms with van der Waals surface area (Å²) in [6, 6.07) is 3.78. The number of pyridine rings is 1. The number of hydrogen-bond donors (Lipinski definition) is 0. The number of fused-ring (bicyclic) bond motifs is 1. The van der Waals surface area contributed by atoms with Gasteiger partial charge < -0.3 is 9.30 Å². The fourth-order valence-corrected chi connectivity index (χ4v) is 2.46. The third kappa shape index (κ3) is 3.20. The van der Waals surface area contributed by atoms with Crippen LogP contribution in [0.1, 0.15) is 19.7 Å². The lowest BCUT2D eigenvalue weighted by molar-refractivity contribution is 0.398. The zero-order valence-corrected chi connectivity index (χ0v) is 13.9. The van der Waals surface area contributed by atoms with Gasteiger partial charge in [0.2, 0.25) is 5.88 Å². The minimum atomic E-state index is 0.111. The number of alkyl halides is 1. The summed E-state index contributed by atoms with van der Waals surface area (Å²) in [6.45, 7) is 5.28. The van der Waals surface area contributed by atoms with E-state index < -0.39 is 0 Å². The van der Waals surface area contributed by atoms with Crippen molar-refractivity contribution in [3.63, 3.8) is 0 Å². The zero-order chi connectivity index (χ0) is 14.8. The number of ether oxygens (including phenoxy) is 1. The minimum absolute atomic E-state index is 0.111. The first kappa shape index (κ1) is 15.4. The molecule has 0 radical (unpaired) electrons. The van der Waals surface area contributed by atoms with Gasteiger partial charge in [-0.05, 0) is 26.2 Å². The van der Waals surface area contributed by atoms with E-state index in [2.05, 4.69) is 34.6 Å². The number of rotatable bonds is 6. The van der Waals surface area contributed by atoms with Crippen molar-refractivity contribution in [2.75, 3.05) is 19.2 Å². The van der Waals surface area contributed by atoms with E-state index in [-0.39, 0.29) is 4.75 Å². The summed E-state index contributed by atoms with van der Waals surface area (Å²) >= 11 is 7.73. The average molecular weight is 314 g/mol. The molecule has 0 bridgehead atoms. The summed E-state index contributed by atoms with van der Waals surface area (Å²) < 4.78 is 7.49. The molecule has 0 atom stereocenters. The van der Waals surface area contributed by atoms with Gasteiger partial charge in [0.1, 0.15) is 11.3 Å². The van der Waals surface area contributed by atoms with Crippen LogP contribution in [0.4, 0.5) is 0 Å². The number of thioether (sulfide) groups is 1. The lowest BCUT2D eigenvalue weighted by atomic mass is 10.2. The van der Waals surface area contributed by atoms with Gasteiger partial charge in [0, 0.05) is 29.7 Å². The Labute approximate surface area is 128 Å². The number of aryl methyl sites for hydroxylation is 1. The fourth-order valence-electron chi connectivity index (χ4n) is 2.03. The molecule has 0 amide bonds. The highest BCUT2D eigenvalue weighted by Gasteiger charge is 2.21. The Kier molecular flexibility index (Phi) is 4.81. The van der Waals surface area contributed by atoms with Crippen molar-refractivity contribution in [3.8, 4) is 5.88 Å². The van der Waals surface area contributed by atoms with Crippen molar-refractivity contribution < 1.29 is 4.74 Å². The second-order valence-electron chi connectivity index (χ2n) is 5.21. The molecule has 2 aromatic rings. The van der Waals surface area contributed by atoms with Crippen molar-refractivity contribution in [1.29, 1.82) is 0 Å². The molecule has 2 heterocycles. The highest BCUT2D eigenvalue weighted by Crippen LogP contribution is 2.27. The topological polar surface area (TPSA) is 39.9 Å². The average Bonchev–Trinajstić information content (AvgIpc) is 2.76. The van der Waals surface area contributed by atoms with Crippen LogP contribution in [0, 0.1) is 0 Å². The molecule has 0 aliphatic carbocycles. The normalized spacial score (nSPS) is 12.1. The van der Waals surface area contributed by atoms with Gasteiger partial charge >= 0.3 is 0 Å². The maximum absolute atomic E-state index is 5.90. The molecule has 6 heteroatoms. The number of nitrogens with zero attached hydrogens (tertiary/aromatic N) is 3. The van der Waals surface area contributed by atoms with Gasteiger partial charge in [-0.2, -0.15) is 16.7 Å². The van der Waals surface area contributed by atoms with E-state index in [1.165, 1.54) is 0 Å². The molecule has 20 heavy (non-hydrogen) atoms. The van der Waals surface area contributed by atoms with Crippen molar-refractivity contribution in [1.82, 2.24) is 14.5 Å². The highest BCUT2D eigenvalue weighted by atomic mass is 35.5. The van der Waals surface area contributed by atoms with Gasteiger partial charge in [-0.25, -0.2) is 4.98 Å². The number of halogens is 1. The summed E-state index contributed by atoms with van der Waals surface area (Å²) in [4.78, 5) is 9.19. The molecule has 0 unspecified atom stereocenters. The molecule has 2 rings (SSSR count). The van der Waals surface area contributed by atoms with Gasteiger partial charge in [0.05, 0.1) is 7.11 Å². The molecule has 0 fully saturated rings. The highest BCUT2D eigenvalue weighted by molar-refractivity contribution is 7.99. The number of hydrogen-bond acceptors (Lipinski definition) is 4. The van der Waals surface area contributed by atoms with Gasteiger partial charge in [0.15, 0.2) is 5.65 Å². The van der Waals surface area contributed by atoms with Gasteiger partial charge in [-0.15, -0.1) is 11.6 Å². The smallest absolute Gasteiger partial charge is 0.215 e. The molecule has 0 saturated heterocycles. The van der Waals surface area contributed by atoms with Crippen LogP contribution in [0.25, 0.3) is 11.2 Å². The Morgan fingerprint density at radius 3 is 2.70 bits per heavy atom.